The topological polar surface area (TPSA) is 83.6 Å². The van der Waals surface area contributed by atoms with Crippen LogP contribution in [-0.4, -0.2) is 71.7 Å². The Morgan fingerprint density at radius 1 is 1.11 bits per heavy atom. The van der Waals surface area contributed by atoms with Crippen molar-refractivity contribution in [2.45, 2.75) is 13.5 Å². The number of hydrogen-bond acceptors (Lipinski definition) is 6. The number of rotatable bonds is 7. The van der Waals surface area contributed by atoms with Crippen molar-refractivity contribution in [2.75, 3.05) is 46.3 Å². The lowest BCUT2D eigenvalue weighted by molar-refractivity contribution is 0.0940. The van der Waals surface area contributed by atoms with Crippen molar-refractivity contribution < 1.29 is 13.7 Å². The minimum absolute atomic E-state index is 0.153. The van der Waals surface area contributed by atoms with Gasteiger partial charge in [0.05, 0.1) is 12.2 Å². The molecule has 0 unspecified atom stereocenters. The van der Waals surface area contributed by atoms with E-state index in [1.807, 2.05) is 25.1 Å². The van der Waals surface area contributed by atoms with Crippen LogP contribution in [0.2, 0.25) is 0 Å². The zero-order valence-electron chi connectivity index (χ0n) is 21.0. The van der Waals surface area contributed by atoms with Crippen molar-refractivity contribution in [3.8, 4) is 11.1 Å². The molecule has 4 aromatic rings. The standard InChI is InChI=1S/C28H30FN5O3/c1-19-26(18-37-31-19)21-3-4-25-22(15-21)5-7-34(28(25)36)17-20-13-23(16-24(29)14-20)27(35)30-6-8-33-11-9-32(2)10-12-33/h3-5,7,13-16,18H,6,8-12,17H2,1-2H3,(H,30,35). The molecule has 9 heteroatoms. The number of hydrogen-bond donors (Lipinski definition) is 1. The van der Waals surface area contributed by atoms with Crippen molar-refractivity contribution in [1.29, 1.82) is 0 Å². The van der Waals surface area contributed by atoms with Crippen LogP contribution in [0.5, 0.6) is 0 Å². The highest BCUT2D eigenvalue weighted by Gasteiger charge is 2.15. The first-order valence-electron chi connectivity index (χ1n) is 12.4. The monoisotopic (exact) mass is 503 g/mol. The number of fused-ring (bicyclic) bond motifs is 1. The summed E-state index contributed by atoms with van der Waals surface area (Å²) in [5.41, 5.74) is 3.17. The van der Waals surface area contributed by atoms with E-state index in [4.69, 9.17) is 4.52 Å². The maximum absolute atomic E-state index is 14.4. The zero-order valence-corrected chi connectivity index (χ0v) is 21.0. The number of likely N-dealkylation sites (N-methyl/N-ethyl adjacent to an activating group) is 1. The molecule has 1 N–H and O–H groups in total. The highest BCUT2D eigenvalue weighted by molar-refractivity contribution is 5.94. The minimum atomic E-state index is -0.510. The molecule has 0 saturated carbocycles. The van der Waals surface area contributed by atoms with Gasteiger partial charge in [-0.1, -0.05) is 11.2 Å². The van der Waals surface area contributed by atoms with E-state index in [9.17, 15) is 14.0 Å². The van der Waals surface area contributed by atoms with Gasteiger partial charge in [-0.2, -0.15) is 0 Å². The van der Waals surface area contributed by atoms with Gasteiger partial charge in [-0.3, -0.25) is 14.5 Å². The lowest BCUT2D eigenvalue weighted by atomic mass is 10.0. The molecule has 192 valence electrons. The van der Waals surface area contributed by atoms with E-state index in [0.29, 0.717) is 17.5 Å². The first-order chi connectivity index (χ1) is 17.9. The van der Waals surface area contributed by atoms with Crippen LogP contribution in [0.3, 0.4) is 0 Å². The van der Waals surface area contributed by atoms with Crippen LogP contribution in [0.1, 0.15) is 21.6 Å². The van der Waals surface area contributed by atoms with E-state index in [1.165, 1.54) is 16.7 Å². The summed E-state index contributed by atoms with van der Waals surface area (Å²) in [4.78, 5) is 30.5. The number of piperazine rings is 1. The smallest absolute Gasteiger partial charge is 0.258 e. The Labute approximate surface area is 214 Å². The lowest BCUT2D eigenvalue weighted by Gasteiger charge is -2.32. The predicted octanol–water partition coefficient (Wildman–Crippen LogP) is 3.13. The van der Waals surface area contributed by atoms with Gasteiger partial charge in [-0.15, -0.1) is 0 Å². The van der Waals surface area contributed by atoms with Crippen molar-refractivity contribution >= 4 is 16.7 Å². The molecule has 37 heavy (non-hydrogen) atoms. The number of nitrogens with one attached hydrogen (secondary N) is 1. The van der Waals surface area contributed by atoms with Gasteiger partial charge in [0.2, 0.25) is 0 Å². The first kappa shape index (κ1) is 24.9. The van der Waals surface area contributed by atoms with Crippen molar-refractivity contribution in [3.63, 3.8) is 0 Å². The minimum Gasteiger partial charge on any atom is -0.364 e. The molecular formula is C28H30FN5O3. The van der Waals surface area contributed by atoms with Gasteiger partial charge in [0, 0.05) is 62.0 Å². The molecule has 5 rings (SSSR count). The Kier molecular flexibility index (Phi) is 7.16. The van der Waals surface area contributed by atoms with Gasteiger partial charge < -0.3 is 19.3 Å². The number of nitrogens with zero attached hydrogens (tertiary/aromatic N) is 4. The Morgan fingerprint density at radius 3 is 2.68 bits per heavy atom. The highest BCUT2D eigenvalue weighted by atomic mass is 19.1. The zero-order chi connectivity index (χ0) is 25.9. The average Bonchev–Trinajstić information content (AvgIpc) is 3.32. The van der Waals surface area contributed by atoms with Crippen LogP contribution in [-0.2, 0) is 6.54 Å². The molecule has 0 spiro atoms. The summed E-state index contributed by atoms with van der Waals surface area (Å²) < 4.78 is 21.0. The number of aryl methyl sites for hydroxylation is 1. The number of halogens is 1. The number of pyridine rings is 1. The molecule has 2 aromatic carbocycles. The van der Waals surface area contributed by atoms with Gasteiger partial charge >= 0.3 is 0 Å². The molecule has 0 atom stereocenters. The highest BCUT2D eigenvalue weighted by Crippen LogP contribution is 2.25. The van der Waals surface area contributed by atoms with E-state index < -0.39 is 5.82 Å². The van der Waals surface area contributed by atoms with E-state index in [2.05, 4.69) is 27.3 Å². The van der Waals surface area contributed by atoms with Crippen LogP contribution >= 0.6 is 0 Å². The van der Waals surface area contributed by atoms with E-state index in [-0.39, 0.29) is 23.6 Å². The van der Waals surface area contributed by atoms with Gasteiger partial charge in [-0.25, -0.2) is 4.39 Å². The fourth-order valence-corrected chi connectivity index (χ4v) is 4.72. The molecule has 0 aliphatic carbocycles. The van der Waals surface area contributed by atoms with Crippen molar-refractivity contribution in [1.82, 2.24) is 24.8 Å². The normalized spacial score (nSPS) is 14.8. The Bertz CT molecular complexity index is 1490. The summed E-state index contributed by atoms with van der Waals surface area (Å²) in [5, 5.41) is 8.15. The predicted molar refractivity (Wildman–Crippen MR) is 140 cm³/mol. The van der Waals surface area contributed by atoms with Crippen molar-refractivity contribution in [3.05, 3.63) is 87.9 Å². The molecule has 3 heterocycles. The van der Waals surface area contributed by atoms with E-state index >= 15 is 0 Å². The second kappa shape index (κ2) is 10.7. The molecule has 0 bridgehead atoms. The van der Waals surface area contributed by atoms with Crippen LogP contribution in [0.15, 0.2) is 64.2 Å². The van der Waals surface area contributed by atoms with Gasteiger partial charge in [0.15, 0.2) is 0 Å². The summed E-state index contributed by atoms with van der Waals surface area (Å²) in [5.74, 6) is -0.832. The number of carbonyl (C=O) groups excluding carboxylic acids is 1. The summed E-state index contributed by atoms with van der Waals surface area (Å²) in [7, 11) is 2.10. The fraction of sp³-hybridized carbons (Fsp3) is 0.321. The molecule has 1 aliphatic rings. The first-order valence-corrected chi connectivity index (χ1v) is 12.4. The summed E-state index contributed by atoms with van der Waals surface area (Å²) in [6.45, 7) is 7.23. The van der Waals surface area contributed by atoms with Crippen LogP contribution < -0.4 is 10.9 Å². The van der Waals surface area contributed by atoms with Crippen molar-refractivity contribution in [2.24, 2.45) is 0 Å². The second-order valence-corrected chi connectivity index (χ2v) is 9.61. The number of benzene rings is 2. The third-order valence-corrected chi connectivity index (χ3v) is 6.92. The molecule has 1 amide bonds. The maximum Gasteiger partial charge on any atom is 0.258 e. The quantitative estimate of drug-likeness (QED) is 0.417. The molecule has 0 radical (unpaired) electrons. The lowest BCUT2D eigenvalue weighted by Crippen LogP contribution is -2.46. The van der Waals surface area contributed by atoms with Gasteiger partial charge in [0.25, 0.3) is 11.5 Å². The molecular weight excluding hydrogens is 473 g/mol. The molecule has 8 nitrogen and oxygen atoms in total. The van der Waals surface area contributed by atoms with Crippen LogP contribution in [0.25, 0.3) is 21.9 Å². The SMILES string of the molecule is Cc1nocc1-c1ccc2c(=O)n(Cc3cc(F)cc(C(=O)NCCN4CCN(C)CC4)c3)ccc2c1. The number of carbonyl (C=O) groups is 1. The Morgan fingerprint density at radius 2 is 1.92 bits per heavy atom. The molecule has 1 fully saturated rings. The summed E-state index contributed by atoms with van der Waals surface area (Å²) in [6, 6.07) is 11.6. The number of aromatic nitrogens is 2. The van der Waals surface area contributed by atoms with Crippen LogP contribution in [0, 0.1) is 12.7 Å². The largest absolute Gasteiger partial charge is 0.364 e. The molecule has 2 aromatic heterocycles. The average molecular weight is 504 g/mol. The Hall–Kier alpha value is -3.82. The second-order valence-electron chi connectivity index (χ2n) is 9.61. The molecule has 1 saturated heterocycles. The Balaban J connectivity index is 1.29. The number of amides is 1. The summed E-state index contributed by atoms with van der Waals surface area (Å²) in [6.07, 6.45) is 3.28. The fourth-order valence-electron chi connectivity index (χ4n) is 4.72. The molecule has 1 aliphatic heterocycles. The van der Waals surface area contributed by atoms with E-state index in [0.717, 1.165) is 54.9 Å². The maximum atomic E-state index is 14.4. The van der Waals surface area contributed by atoms with Gasteiger partial charge in [0.1, 0.15) is 12.1 Å². The third-order valence-electron chi connectivity index (χ3n) is 6.92. The van der Waals surface area contributed by atoms with E-state index in [1.54, 1.807) is 24.6 Å². The van der Waals surface area contributed by atoms with Crippen LogP contribution in [0.4, 0.5) is 4.39 Å². The third kappa shape index (κ3) is 5.63. The van der Waals surface area contributed by atoms with Gasteiger partial charge in [-0.05, 0) is 66.9 Å². The summed E-state index contributed by atoms with van der Waals surface area (Å²) >= 11 is 0.